The highest BCUT2D eigenvalue weighted by Crippen LogP contribution is 2.21. The molecule has 2 aromatic carbocycles. The van der Waals surface area contributed by atoms with E-state index < -0.39 is 0 Å². The molecule has 0 aliphatic heterocycles. The molecule has 2 rings (SSSR count). The molecule has 0 amide bonds. The van der Waals surface area contributed by atoms with Gasteiger partial charge in [0.2, 0.25) is 0 Å². The number of aryl methyl sites for hydroxylation is 1. The van der Waals surface area contributed by atoms with Crippen LogP contribution in [0.2, 0.25) is 0 Å². The highest BCUT2D eigenvalue weighted by Gasteiger charge is 2.05. The summed E-state index contributed by atoms with van der Waals surface area (Å²) in [6, 6.07) is 16.0. The number of nitrogens with one attached hydrogen (secondary N) is 1. The Bertz CT molecular complexity index is 525. The van der Waals surface area contributed by atoms with E-state index in [9.17, 15) is 0 Å². The van der Waals surface area contributed by atoms with Crippen molar-refractivity contribution in [2.45, 2.75) is 46.1 Å². The van der Waals surface area contributed by atoms with Crippen molar-refractivity contribution in [1.82, 2.24) is 5.32 Å². The molecule has 108 valence electrons. The quantitative estimate of drug-likeness (QED) is 0.761. The monoisotopic (exact) mass is 269 g/mol. The topological polar surface area (TPSA) is 12.0 Å². The van der Waals surface area contributed by atoms with E-state index in [0.717, 1.165) is 12.5 Å². The number of benzene rings is 2. The standard InChI is InChI=1S/C19H27N/c1-15(2)20-14-13-16(3)11-12-18-9-6-8-17-7-4-5-10-19(17)18/h4-10,15-16,20H,11-14H2,1-3H3. The molecule has 0 aliphatic carbocycles. The number of rotatable bonds is 7. The summed E-state index contributed by atoms with van der Waals surface area (Å²) in [5.41, 5.74) is 1.49. The van der Waals surface area contributed by atoms with E-state index in [0.29, 0.717) is 6.04 Å². The summed E-state index contributed by atoms with van der Waals surface area (Å²) in [5.74, 6) is 0.778. The lowest BCUT2D eigenvalue weighted by molar-refractivity contribution is 0.454. The molecule has 0 spiro atoms. The lowest BCUT2D eigenvalue weighted by atomic mass is 9.95. The molecule has 0 saturated carbocycles. The van der Waals surface area contributed by atoms with Crippen molar-refractivity contribution in [3.05, 3.63) is 48.0 Å². The third-order valence-corrected chi connectivity index (χ3v) is 3.98. The van der Waals surface area contributed by atoms with E-state index in [1.807, 2.05) is 0 Å². The maximum Gasteiger partial charge on any atom is 0.00103 e. The molecule has 1 nitrogen and oxygen atoms in total. The summed E-state index contributed by atoms with van der Waals surface area (Å²) in [6.45, 7) is 7.92. The Hall–Kier alpha value is -1.34. The zero-order valence-corrected chi connectivity index (χ0v) is 13.0. The van der Waals surface area contributed by atoms with Gasteiger partial charge < -0.3 is 5.32 Å². The molecule has 0 bridgehead atoms. The average Bonchev–Trinajstić information content (AvgIpc) is 2.44. The molecule has 0 aromatic heterocycles. The van der Waals surface area contributed by atoms with Crippen LogP contribution < -0.4 is 5.32 Å². The second kappa shape index (κ2) is 7.44. The van der Waals surface area contributed by atoms with Crippen molar-refractivity contribution in [2.24, 2.45) is 5.92 Å². The maximum atomic E-state index is 3.50. The molecular weight excluding hydrogens is 242 g/mol. The summed E-state index contributed by atoms with van der Waals surface area (Å²) in [4.78, 5) is 0. The molecule has 20 heavy (non-hydrogen) atoms. The number of hydrogen-bond acceptors (Lipinski definition) is 1. The summed E-state index contributed by atoms with van der Waals surface area (Å²) in [6.07, 6.45) is 3.72. The van der Waals surface area contributed by atoms with Crippen molar-refractivity contribution >= 4 is 10.8 Å². The van der Waals surface area contributed by atoms with Crippen molar-refractivity contribution in [3.8, 4) is 0 Å². The first-order chi connectivity index (χ1) is 9.66. The van der Waals surface area contributed by atoms with Crippen LogP contribution in [-0.4, -0.2) is 12.6 Å². The molecule has 0 aliphatic rings. The SMILES string of the molecule is CC(CCNC(C)C)CCc1cccc2ccccc12. The van der Waals surface area contributed by atoms with E-state index in [-0.39, 0.29) is 0 Å². The lowest BCUT2D eigenvalue weighted by Crippen LogP contribution is -2.25. The molecule has 0 radical (unpaired) electrons. The second-order valence-electron chi connectivity index (χ2n) is 6.18. The predicted octanol–water partition coefficient (Wildman–Crippen LogP) is 4.80. The van der Waals surface area contributed by atoms with Crippen LogP contribution in [0, 0.1) is 5.92 Å². The van der Waals surface area contributed by atoms with Gasteiger partial charge in [-0.2, -0.15) is 0 Å². The van der Waals surface area contributed by atoms with E-state index in [2.05, 4.69) is 68.6 Å². The average molecular weight is 269 g/mol. The molecule has 1 unspecified atom stereocenters. The van der Waals surface area contributed by atoms with Gasteiger partial charge in [-0.3, -0.25) is 0 Å². The fourth-order valence-corrected chi connectivity index (χ4v) is 2.68. The molecule has 1 heteroatoms. The zero-order chi connectivity index (χ0) is 14.4. The van der Waals surface area contributed by atoms with Crippen LogP contribution in [0.15, 0.2) is 42.5 Å². The first-order valence-electron chi connectivity index (χ1n) is 7.87. The first-order valence-corrected chi connectivity index (χ1v) is 7.87. The van der Waals surface area contributed by atoms with E-state index in [1.165, 1.54) is 35.6 Å². The Morgan fingerprint density at radius 1 is 0.900 bits per heavy atom. The van der Waals surface area contributed by atoms with Crippen LogP contribution in [0.3, 0.4) is 0 Å². The van der Waals surface area contributed by atoms with Gasteiger partial charge in [-0.25, -0.2) is 0 Å². The lowest BCUT2D eigenvalue weighted by Gasteiger charge is -2.14. The van der Waals surface area contributed by atoms with Gasteiger partial charge in [0.05, 0.1) is 0 Å². The van der Waals surface area contributed by atoms with E-state index in [4.69, 9.17) is 0 Å². The molecule has 1 N–H and O–H groups in total. The smallest absolute Gasteiger partial charge is 0.00103 e. The van der Waals surface area contributed by atoms with Gasteiger partial charge in [-0.15, -0.1) is 0 Å². The summed E-state index contributed by atoms with van der Waals surface area (Å²) in [7, 11) is 0. The summed E-state index contributed by atoms with van der Waals surface area (Å²) >= 11 is 0. The minimum Gasteiger partial charge on any atom is -0.315 e. The number of hydrogen-bond donors (Lipinski definition) is 1. The van der Waals surface area contributed by atoms with Crippen LogP contribution in [-0.2, 0) is 6.42 Å². The fourth-order valence-electron chi connectivity index (χ4n) is 2.68. The van der Waals surface area contributed by atoms with Crippen LogP contribution in [0.25, 0.3) is 10.8 Å². The van der Waals surface area contributed by atoms with Crippen LogP contribution in [0.5, 0.6) is 0 Å². The minimum atomic E-state index is 0.597. The number of fused-ring (bicyclic) bond motifs is 1. The Kier molecular flexibility index (Phi) is 5.60. The third kappa shape index (κ3) is 4.35. The van der Waals surface area contributed by atoms with Crippen LogP contribution >= 0.6 is 0 Å². The van der Waals surface area contributed by atoms with Gasteiger partial charge in [0.1, 0.15) is 0 Å². The Morgan fingerprint density at radius 2 is 1.65 bits per heavy atom. The van der Waals surface area contributed by atoms with Gasteiger partial charge in [0, 0.05) is 6.04 Å². The highest BCUT2D eigenvalue weighted by atomic mass is 14.9. The van der Waals surface area contributed by atoms with Crippen molar-refractivity contribution in [3.63, 3.8) is 0 Å². The normalized spacial score (nSPS) is 13.0. The van der Waals surface area contributed by atoms with Gasteiger partial charge in [-0.1, -0.05) is 63.2 Å². The van der Waals surface area contributed by atoms with Crippen molar-refractivity contribution in [2.75, 3.05) is 6.54 Å². The van der Waals surface area contributed by atoms with Crippen LogP contribution in [0.4, 0.5) is 0 Å². The summed E-state index contributed by atoms with van der Waals surface area (Å²) in [5, 5.41) is 6.28. The highest BCUT2D eigenvalue weighted by molar-refractivity contribution is 5.85. The Balaban J connectivity index is 1.89. The van der Waals surface area contributed by atoms with Gasteiger partial charge in [0.15, 0.2) is 0 Å². The molecule has 0 fully saturated rings. The van der Waals surface area contributed by atoms with Gasteiger partial charge in [0.25, 0.3) is 0 Å². The fraction of sp³-hybridized carbons (Fsp3) is 0.474. The zero-order valence-electron chi connectivity index (χ0n) is 13.0. The first kappa shape index (κ1) is 15.1. The minimum absolute atomic E-state index is 0.597. The molecule has 1 atom stereocenters. The van der Waals surface area contributed by atoms with Gasteiger partial charge in [-0.05, 0) is 48.1 Å². The Labute approximate surface area is 123 Å². The van der Waals surface area contributed by atoms with Crippen molar-refractivity contribution < 1.29 is 0 Å². The van der Waals surface area contributed by atoms with Crippen molar-refractivity contribution in [1.29, 1.82) is 0 Å². The third-order valence-electron chi connectivity index (χ3n) is 3.98. The van der Waals surface area contributed by atoms with Crippen LogP contribution in [0.1, 0.15) is 39.2 Å². The maximum absolute atomic E-state index is 3.50. The van der Waals surface area contributed by atoms with E-state index in [1.54, 1.807) is 0 Å². The molecule has 2 aromatic rings. The molecular formula is C19H27N. The predicted molar refractivity (Wildman–Crippen MR) is 89.2 cm³/mol. The van der Waals surface area contributed by atoms with Gasteiger partial charge >= 0.3 is 0 Å². The molecule has 0 heterocycles. The summed E-state index contributed by atoms with van der Waals surface area (Å²) < 4.78 is 0. The second-order valence-corrected chi connectivity index (χ2v) is 6.18. The Morgan fingerprint density at radius 3 is 2.45 bits per heavy atom. The molecule has 0 saturated heterocycles. The van der Waals surface area contributed by atoms with E-state index >= 15 is 0 Å². The largest absolute Gasteiger partial charge is 0.315 e.